The van der Waals surface area contributed by atoms with Gasteiger partial charge in [0.1, 0.15) is 15.3 Å². The number of hydrogen-bond acceptors (Lipinski definition) is 5. The molecule has 1 aromatic heterocycles. The number of carbonyl (C=O) groups excluding carboxylic acids is 1. The van der Waals surface area contributed by atoms with E-state index in [4.69, 9.17) is 23.2 Å². The molecule has 1 unspecified atom stereocenters. The first-order valence-corrected chi connectivity index (χ1v) is 8.43. The maximum Gasteiger partial charge on any atom is 0.324 e. The lowest BCUT2D eigenvalue weighted by atomic mass is 10.2. The molecule has 2 heterocycles. The van der Waals surface area contributed by atoms with Gasteiger partial charge in [-0.3, -0.25) is 4.79 Å². The fraction of sp³-hybridized carbons (Fsp3) is 0.500. The van der Waals surface area contributed by atoms with E-state index >= 15 is 0 Å². The molecule has 0 N–H and O–H groups in total. The highest BCUT2D eigenvalue weighted by Gasteiger charge is 2.41. The van der Waals surface area contributed by atoms with Gasteiger partial charge in [0.05, 0.1) is 11.4 Å². The van der Waals surface area contributed by atoms with Crippen molar-refractivity contribution in [3.8, 4) is 0 Å². The van der Waals surface area contributed by atoms with Gasteiger partial charge < -0.3 is 4.74 Å². The number of ether oxygens (including phenoxy) is 1. The minimum Gasteiger partial charge on any atom is -0.468 e. The van der Waals surface area contributed by atoms with Gasteiger partial charge in [0.2, 0.25) is 10.0 Å². The molecule has 0 bridgehead atoms. The molecule has 0 radical (unpaired) electrons. The Morgan fingerprint density at radius 3 is 2.74 bits per heavy atom. The average Bonchev–Trinajstić information content (AvgIpc) is 2.95. The lowest BCUT2D eigenvalue weighted by Gasteiger charge is -2.21. The molecule has 0 aliphatic carbocycles. The maximum absolute atomic E-state index is 12.5. The van der Waals surface area contributed by atoms with Crippen molar-refractivity contribution in [1.82, 2.24) is 4.31 Å². The summed E-state index contributed by atoms with van der Waals surface area (Å²) in [5, 5.41) is 0. The van der Waals surface area contributed by atoms with Crippen molar-refractivity contribution in [3.05, 3.63) is 14.7 Å². The molecule has 2 rings (SSSR count). The normalized spacial score (nSPS) is 20.7. The van der Waals surface area contributed by atoms with E-state index in [-0.39, 0.29) is 20.1 Å². The van der Waals surface area contributed by atoms with Crippen molar-refractivity contribution in [1.29, 1.82) is 0 Å². The van der Waals surface area contributed by atoms with E-state index in [0.717, 1.165) is 15.6 Å². The van der Waals surface area contributed by atoms with Crippen LogP contribution >= 0.6 is 34.5 Å². The van der Waals surface area contributed by atoms with Crippen molar-refractivity contribution in [2.45, 2.75) is 23.8 Å². The van der Waals surface area contributed by atoms with Crippen LogP contribution in [0.5, 0.6) is 0 Å². The third-order valence-electron chi connectivity index (χ3n) is 2.89. The number of nitrogens with zero attached hydrogens (tertiary/aromatic N) is 1. The quantitative estimate of drug-likeness (QED) is 0.790. The third kappa shape index (κ3) is 2.75. The van der Waals surface area contributed by atoms with Gasteiger partial charge in [-0.05, 0) is 18.9 Å². The highest BCUT2D eigenvalue weighted by atomic mass is 35.5. The molecule has 1 aliphatic heterocycles. The molecular formula is C10H11Cl2NO4S2. The van der Waals surface area contributed by atoms with Crippen LogP contribution in [-0.4, -0.2) is 38.4 Å². The number of thiophene rings is 1. The Balaban J connectivity index is 2.39. The summed E-state index contributed by atoms with van der Waals surface area (Å²) in [6, 6.07) is 0.515. The fourth-order valence-electron chi connectivity index (χ4n) is 2.03. The van der Waals surface area contributed by atoms with E-state index in [0.29, 0.717) is 12.8 Å². The fourth-order valence-corrected chi connectivity index (χ4v) is 5.79. The summed E-state index contributed by atoms with van der Waals surface area (Å²) in [6.45, 7) is 0.270. The molecule has 0 spiro atoms. The summed E-state index contributed by atoms with van der Waals surface area (Å²) < 4.78 is 31.1. The van der Waals surface area contributed by atoms with Gasteiger partial charge in [-0.25, -0.2) is 8.42 Å². The molecule has 19 heavy (non-hydrogen) atoms. The molecule has 0 amide bonds. The monoisotopic (exact) mass is 343 g/mol. The SMILES string of the molecule is COC(=O)C1CCCN1S(=O)(=O)c1cc(Cl)sc1Cl. The molecule has 9 heteroatoms. The maximum atomic E-state index is 12.5. The van der Waals surface area contributed by atoms with Crippen LogP contribution in [0.15, 0.2) is 11.0 Å². The molecule has 5 nitrogen and oxygen atoms in total. The second-order valence-corrected chi connectivity index (χ2v) is 8.13. The van der Waals surface area contributed by atoms with Crippen LogP contribution in [0.3, 0.4) is 0 Å². The Kier molecular flexibility index (Phi) is 4.42. The standard InChI is InChI=1S/C10H11Cl2NO4S2/c1-17-10(14)6-3-2-4-13(6)19(15,16)7-5-8(11)18-9(7)12/h5-6H,2-4H2,1H3. The van der Waals surface area contributed by atoms with Crippen molar-refractivity contribution in [3.63, 3.8) is 0 Å². The molecule has 0 saturated carbocycles. The summed E-state index contributed by atoms with van der Waals surface area (Å²) in [5.41, 5.74) is 0. The molecule has 1 fully saturated rings. The largest absolute Gasteiger partial charge is 0.468 e. The molecule has 1 aromatic rings. The molecule has 106 valence electrons. The van der Waals surface area contributed by atoms with E-state index < -0.39 is 22.0 Å². The van der Waals surface area contributed by atoms with Crippen molar-refractivity contribution in [2.75, 3.05) is 13.7 Å². The van der Waals surface area contributed by atoms with Crippen LogP contribution < -0.4 is 0 Å². The van der Waals surface area contributed by atoms with Crippen LogP contribution in [0.25, 0.3) is 0 Å². The Labute approximate surface area is 125 Å². The number of esters is 1. The van der Waals surface area contributed by atoms with Crippen LogP contribution in [-0.2, 0) is 19.6 Å². The second-order valence-electron chi connectivity index (χ2n) is 3.99. The van der Waals surface area contributed by atoms with Gasteiger partial charge in [-0.15, -0.1) is 11.3 Å². The third-order valence-corrected chi connectivity index (χ3v) is 6.55. The van der Waals surface area contributed by atoms with Crippen LogP contribution in [0.1, 0.15) is 12.8 Å². The van der Waals surface area contributed by atoms with Gasteiger partial charge in [0.25, 0.3) is 0 Å². The molecule has 1 saturated heterocycles. The topological polar surface area (TPSA) is 63.7 Å². The van der Waals surface area contributed by atoms with Gasteiger partial charge in [0, 0.05) is 6.54 Å². The number of rotatable bonds is 3. The summed E-state index contributed by atoms with van der Waals surface area (Å²) in [6.07, 6.45) is 1.05. The first-order valence-electron chi connectivity index (χ1n) is 5.42. The summed E-state index contributed by atoms with van der Waals surface area (Å²) >= 11 is 12.6. The molecule has 0 aromatic carbocycles. The molecular weight excluding hydrogens is 333 g/mol. The average molecular weight is 344 g/mol. The number of halogens is 2. The van der Waals surface area contributed by atoms with E-state index in [1.54, 1.807) is 0 Å². The minimum atomic E-state index is -3.83. The van der Waals surface area contributed by atoms with Crippen LogP contribution in [0.4, 0.5) is 0 Å². The van der Waals surface area contributed by atoms with Gasteiger partial charge in [-0.2, -0.15) is 4.31 Å². The van der Waals surface area contributed by atoms with Gasteiger partial charge >= 0.3 is 5.97 Å². The molecule has 1 aliphatic rings. The minimum absolute atomic E-state index is 0.0556. The van der Waals surface area contributed by atoms with E-state index in [1.165, 1.54) is 13.2 Å². The number of methoxy groups -OCH3 is 1. The van der Waals surface area contributed by atoms with Gasteiger partial charge in [-0.1, -0.05) is 23.2 Å². The van der Waals surface area contributed by atoms with Crippen molar-refractivity contribution < 1.29 is 17.9 Å². The second kappa shape index (κ2) is 5.57. The number of sulfonamides is 1. The summed E-state index contributed by atoms with van der Waals surface area (Å²) in [5.74, 6) is -0.557. The van der Waals surface area contributed by atoms with E-state index in [9.17, 15) is 13.2 Å². The van der Waals surface area contributed by atoms with E-state index in [1.807, 2.05) is 0 Å². The Morgan fingerprint density at radius 2 is 2.21 bits per heavy atom. The zero-order valence-corrected chi connectivity index (χ0v) is 13.1. The first-order chi connectivity index (χ1) is 8.87. The Morgan fingerprint density at radius 1 is 1.53 bits per heavy atom. The van der Waals surface area contributed by atoms with Crippen LogP contribution in [0.2, 0.25) is 8.67 Å². The van der Waals surface area contributed by atoms with Gasteiger partial charge in [0.15, 0.2) is 0 Å². The Bertz CT molecular complexity index is 599. The Hall–Kier alpha value is -0.340. The van der Waals surface area contributed by atoms with Crippen molar-refractivity contribution in [2.24, 2.45) is 0 Å². The predicted molar refractivity (Wildman–Crippen MR) is 73.3 cm³/mol. The summed E-state index contributed by atoms with van der Waals surface area (Å²) in [4.78, 5) is 11.6. The number of hydrogen-bond donors (Lipinski definition) is 0. The zero-order valence-electron chi connectivity index (χ0n) is 9.93. The van der Waals surface area contributed by atoms with Crippen molar-refractivity contribution >= 4 is 50.5 Å². The number of carbonyl (C=O) groups is 1. The first kappa shape index (κ1) is 15.1. The zero-order chi connectivity index (χ0) is 14.2. The van der Waals surface area contributed by atoms with Crippen LogP contribution in [0, 0.1) is 0 Å². The highest BCUT2D eigenvalue weighted by Crippen LogP contribution is 2.37. The lowest BCUT2D eigenvalue weighted by Crippen LogP contribution is -2.40. The predicted octanol–water partition coefficient (Wildman–Crippen LogP) is 2.38. The summed E-state index contributed by atoms with van der Waals surface area (Å²) in [7, 11) is -2.59. The highest BCUT2D eigenvalue weighted by molar-refractivity contribution is 7.89. The lowest BCUT2D eigenvalue weighted by molar-refractivity contribution is -0.144. The smallest absolute Gasteiger partial charge is 0.324 e. The molecule has 1 atom stereocenters. The van der Waals surface area contributed by atoms with E-state index in [2.05, 4.69) is 4.74 Å².